The smallest absolute Gasteiger partial charge is 0.272 e. The number of aromatic nitrogens is 2. The molecule has 0 saturated carbocycles. The van der Waals surface area contributed by atoms with E-state index in [1.807, 2.05) is 61.2 Å². The fourth-order valence-corrected chi connectivity index (χ4v) is 4.46. The van der Waals surface area contributed by atoms with Crippen molar-refractivity contribution < 1.29 is 13.2 Å². The van der Waals surface area contributed by atoms with E-state index in [9.17, 15) is 13.2 Å². The van der Waals surface area contributed by atoms with Crippen LogP contribution in [0.5, 0.6) is 0 Å². The van der Waals surface area contributed by atoms with Gasteiger partial charge in [-0.1, -0.05) is 12.1 Å². The summed E-state index contributed by atoms with van der Waals surface area (Å²) in [6.45, 7) is 6.50. The number of benzene rings is 2. The maximum Gasteiger partial charge on any atom is 0.272 e. The number of nitrogens with one attached hydrogen (secondary N) is 1. The third kappa shape index (κ3) is 4.94. The van der Waals surface area contributed by atoms with Crippen molar-refractivity contribution >= 4 is 27.3 Å². The number of hydrogen-bond donors (Lipinski definition) is 1. The summed E-state index contributed by atoms with van der Waals surface area (Å²) in [6, 6.07) is 17.1. The molecule has 0 atom stereocenters. The van der Waals surface area contributed by atoms with Crippen LogP contribution < -0.4 is 9.62 Å². The molecule has 1 amide bonds. The predicted molar refractivity (Wildman–Crippen MR) is 126 cm³/mol. The van der Waals surface area contributed by atoms with E-state index in [0.717, 1.165) is 28.9 Å². The highest BCUT2D eigenvalue weighted by Gasteiger charge is 2.25. The summed E-state index contributed by atoms with van der Waals surface area (Å²) >= 11 is 0. The van der Waals surface area contributed by atoms with Crippen molar-refractivity contribution in [3.05, 3.63) is 71.5 Å². The molecular weight excluding hydrogens is 426 g/mol. The topological polar surface area (TPSA) is 87.5 Å². The van der Waals surface area contributed by atoms with Crippen LogP contribution in [0.2, 0.25) is 0 Å². The lowest BCUT2D eigenvalue weighted by atomic mass is 10.2. The number of amides is 1. The third-order valence-electron chi connectivity index (χ3n) is 5.40. The van der Waals surface area contributed by atoms with Crippen LogP contribution in [0.15, 0.2) is 54.6 Å². The molecule has 0 bridgehead atoms. The van der Waals surface area contributed by atoms with Crippen LogP contribution in [0.1, 0.15) is 21.7 Å². The fourth-order valence-electron chi connectivity index (χ4n) is 3.89. The van der Waals surface area contributed by atoms with E-state index in [1.165, 1.54) is 0 Å². The molecule has 9 heteroatoms. The minimum absolute atomic E-state index is 0.0283. The van der Waals surface area contributed by atoms with Gasteiger partial charge in [0.1, 0.15) is 5.69 Å². The number of hydrogen-bond acceptors (Lipinski definition) is 5. The number of nitrogens with zero attached hydrogens (tertiary/aromatic N) is 4. The van der Waals surface area contributed by atoms with Crippen LogP contribution in [-0.4, -0.2) is 61.4 Å². The van der Waals surface area contributed by atoms with Gasteiger partial charge in [0.05, 0.1) is 17.6 Å². The van der Waals surface area contributed by atoms with Crippen molar-refractivity contribution in [2.45, 2.75) is 13.8 Å². The maximum absolute atomic E-state index is 13.3. The molecule has 1 aliphatic heterocycles. The Labute approximate surface area is 188 Å². The lowest BCUT2D eigenvalue weighted by Gasteiger charge is -2.36. The Bertz CT molecular complexity index is 1230. The van der Waals surface area contributed by atoms with Gasteiger partial charge in [0.2, 0.25) is 10.0 Å². The zero-order valence-electron chi connectivity index (χ0n) is 18.4. The summed E-state index contributed by atoms with van der Waals surface area (Å²) in [5.74, 6) is -0.0283. The molecule has 0 unspecified atom stereocenters. The molecule has 32 heavy (non-hydrogen) atoms. The molecule has 2 aromatic carbocycles. The number of sulfonamides is 1. The van der Waals surface area contributed by atoms with E-state index in [2.05, 4.69) is 14.7 Å². The van der Waals surface area contributed by atoms with Gasteiger partial charge in [0, 0.05) is 37.6 Å². The van der Waals surface area contributed by atoms with E-state index in [4.69, 9.17) is 0 Å². The molecule has 4 rings (SSSR count). The number of rotatable bonds is 5. The van der Waals surface area contributed by atoms with Gasteiger partial charge in [-0.05, 0) is 61.9 Å². The molecule has 1 aliphatic rings. The van der Waals surface area contributed by atoms with Gasteiger partial charge in [-0.2, -0.15) is 5.10 Å². The van der Waals surface area contributed by atoms with Gasteiger partial charge in [-0.3, -0.25) is 9.52 Å². The monoisotopic (exact) mass is 453 g/mol. The first kappa shape index (κ1) is 21.9. The largest absolute Gasteiger partial charge is 0.368 e. The van der Waals surface area contributed by atoms with E-state index in [0.29, 0.717) is 37.6 Å². The lowest BCUT2D eigenvalue weighted by Crippen LogP contribution is -2.49. The number of aryl methyl sites for hydroxylation is 2. The van der Waals surface area contributed by atoms with Crippen LogP contribution >= 0.6 is 0 Å². The van der Waals surface area contributed by atoms with Gasteiger partial charge in [-0.25, -0.2) is 13.1 Å². The van der Waals surface area contributed by atoms with Crippen molar-refractivity contribution in [1.82, 2.24) is 14.7 Å². The first-order chi connectivity index (χ1) is 15.2. The normalized spacial score (nSPS) is 14.5. The molecule has 2 heterocycles. The Hall–Kier alpha value is -3.33. The Morgan fingerprint density at radius 1 is 0.938 bits per heavy atom. The van der Waals surface area contributed by atoms with E-state index >= 15 is 0 Å². The average Bonchev–Trinajstić information content (AvgIpc) is 3.14. The minimum Gasteiger partial charge on any atom is -0.368 e. The molecule has 1 saturated heterocycles. The summed E-state index contributed by atoms with van der Waals surface area (Å²) in [5.41, 5.74) is 4.89. The first-order valence-electron chi connectivity index (χ1n) is 10.5. The van der Waals surface area contributed by atoms with E-state index < -0.39 is 10.0 Å². The summed E-state index contributed by atoms with van der Waals surface area (Å²) in [4.78, 5) is 17.3. The highest BCUT2D eigenvalue weighted by molar-refractivity contribution is 7.92. The minimum atomic E-state index is -3.30. The van der Waals surface area contributed by atoms with Crippen LogP contribution in [0.25, 0.3) is 5.69 Å². The highest BCUT2D eigenvalue weighted by Crippen LogP contribution is 2.22. The molecule has 3 aromatic rings. The second kappa shape index (κ2) is 8.66. The molecule has 0 radical (unpaired) electrons. The quantitative estimate of drug-likeness (QED) is 0.642. The van der Waals surface area contributed by atoms with Crippen LogP contribution in [-0.2, 0) is 10.0 Å². The molecule has 1 fully saturated rings. The zero-order valence-corrected chi connectivity index (χ0v) is 19.3. The molecular formula is C23H27N5O3S. The van der Waals surface area contributed by atoms with Crippen LogP contribution in [0, 0.1) is 13.8 Å². The number of carbonyl (C=O) groups is 1. The third-order valence-corrected chi connectivity index (χ3v) is 6.01. The van der Waals surface area contributed by atoms with E-state index in [1.54, 1.807) is 16.8 Å². The van der Waals surface area contributed by atoms with E-state index in [-0.39, 0.29) is 5.91 Å². The number of carbonyl (C=O) groups excluding carboxylic acids is 1. The molecule has 168 valence electrons. The average molecular weight is 454 g/mol. The SMILES string of the molecule is Cc1cccc(-n2nc(C)cc2C(=O)N2CCN(c3ccc(NS(C)(=O)=O)cc3)CC2)c1. The van der Waals surface area contributed by atoms with Gasteiger partial charge < -0.3 is 9.80 Å². The second-order valence-corrected chi connectivity index (χ2v) is 9.87. The van der Waals surface area contributed by atoms with Crippen molar-refractivity contribution in [2.24, 2.45) is 0 Å². The summed E-state index contributed by atoms with van der Waals surface area (Å²) < 4.78 is 26.9. The molecule has 1 N–H and O–H groups in total. The van der Waals surface area contributed by atoms with Gasteiger partial charge in [-0.15, -0.1) is 0 Å². The fraction of sp³-hybridized carbons (Fsp3) is 0.304. The number of anilines is 2. The van der Waals surface area contributed by atoms with Crippen LogP contribution in [0.4, 0.5) is 11.4 Å². The van der Waals surface area contributed by atoms with Gasteiger partial charge in [0.15, 0.2) is 0 Å². The molecule has 0 aliphatic carbocycles. The molecule has 1 aromatic heterocycles. The zero-order chi connectivity index (χ0) is 22.9. The van der Waals surface area contributed by atoms with Crippen molar-refractivity contribution in [1.29, 1.82) is 0 Å². The van der Waals surface area contributed by atoms with Gasteiger partial charge >= 0.3 is 0 Å². The van der Waals surface area contributed by atoms with Gasteiger partial charge in [0.25, 0.3) is 5.91 Å². The predicted octanol–water partition coefficient (Wildman–Crippen LogP) is 2.82. The molecule has 8 nitrogen and oxygen atoms in total. The number of piperazine rings is 1. The van der Waals surface area contributed by atoms with Crippen molar-refractivity contribution in [3.8, 4) is 5.69 Å². The Balaban J connectivity index is 1.44. The second-order valence-electron chi connectivity index (χ2n) is 8.12. The Morgan fingerprint density at radius 2 is 1.62 bits per heavy atom. The summed E-state index contributed by atoms with van der Waals surface area (Å²) in [6.07, 6.45) is 1.13. The first-order valence-corrected chi connectivity index (χ1v) is 12.3. The Kier molecular flexibility index (Phi) is 5.92. The van der Waals surface area contributed by atoms with Crippen LogP contribution in [0.3, 0.4) is 0 Å². The highest BCUT2D eigenvalue weighted by atomic mass is 32.2. The summed E-state index contributed by atoms with van der Waals surface area (Å²) in [5, 5.41) is 4.54. The molecule has 0 spiro atoms. The van der Waals surface area contributed by atoms with Crippen molar-refractivity contribution in [3.63, 3.8) is 0 Å². The standard InChI is InChI=1S/C23H27N5O3S/c1-17-5-4-6-21(15-17)28-22(16-18(2)24-28)23(29)27-13-11-26(12-14-27)20-9-7-19(8-10-20)25-32(3,30)31/h4-10,15-16,25H,11-14H2,1-3H3. The lowest BCUT2D eigenvalue weighted by molar-refractivity contribution is 0.0737. The Morgan fingerprint density at radius 3 is 2.25 bits per heavy atom. The maximum atomic E-state index is 13.3. The van der Waals surface area contributed by atoms with Crippen molar-refractivity contribution in [2.75, 3.05) is 42.1 Å². The summed E-state index contributed by atoms with van der Waals surface area (Å²) in [7, 11) is -3.30.